The van der Waals surface area contributed by atoms with Crippen LogP contribution in [-0.4, -0.2) is 44.9 Å². The molecule has 3 aromatic rings. The third-order valence-corrected chi connectivity index (χ3v) is 3.03. The second kappa shape index (κ2) is 5.76. The van der Waals surface area contributed by atoms with Crippen LogP contribution in [0.2, 0.25) is 0 Å². The lowest BCUT2D eigenvalue weighted by Gasteiger charge is -2.11. The summed E-state index contributed by atoms with van der Waals surface area (Å²) in [5, 5.41) is 12.9. The summed E-state index contributed by atoms with van der Waals surface area (Å²) in [6.45, 7) is 0.433. The topological polar surface area (TPSA) is 85.1 Å². The fourth-order valence-corrected chi connectivity index (χ4v) is 2.02. The van der Waals surface area contributed by atoms with Gasteiger partial charge in [-0.3, -0.25) is 4.57 Å². The second-order valence-corrected chi connectivity index (χ2v) is 4.38. The molecule has 2 aromatic heterocycles. The Hall–Kier alpha value is -2.67. The van der Waals surface area contributed by atoms with E-state index in [0.717, 1.165) is 16.7 Å². The van der Waals surface area contributed by atoms with Crippen LogP contribution in [0.4, 0.5) is 5.82 Å². The molecule has 0 saturated carbocycles. The number of nitrogens with zero attached hydrogens (tertiary/aromatic N) is 4. The van der Waals surface area contributed by atoms with Crippen molar-refractivity contribution < 1.29 is 9.84 Å². The Morgan fingerprint density at radius 2 is 2.24 bits per heavy atom. The molecule has 7 heteroatoms. The maximum absolute atomic E-state index is 9.01. The number of ether oxygens (including phenoxy) is 1. The number of aliphatic hydroxyl groups is 1. The predicted molar refractivity (Wildman–Crippen MR) is 78.8 cm³/mol. The summed E-state index contributed by atoms with van der Waals surface area (Å²) in [4.78, 5) is 13.0. The molecule has 0 saturated heterocycles. The zero-order chi connectivity index (χ0) is 14.7. The fourth-order valence-electron chi connectivity index (χ4n) is 2.02. The molecule has 0 aliphatic heterocycles. The highest BCUT2D eigenvalue weighted by molar-refractivity contribution is 5.90. The summed E-state index contributed by atoms with van der Waals surface area (Å²) in [6, 6.07) is 5.59. The first-order chi connectivity index (χ1) is 10.3. The van der Waals surface area contributed by atoms with Crippen LogP contribution < -0.4 is 10.1 Å². The number of rotatable bonds is 5. The first-order valence-corrected chi connectivity index (χ1v) is 6.50. The molecule has 2 N–H and O–H groups in total. The van der Waals surface area contributed by atoms with Gasteiger partial charge in [-0.1, -0.05) is 0 Å². The zero-order valence-corrected chi connectivity index (χ0v) is 11.5. The van der Waals surface area contributed by atoms with Crippen LogP contribution >= 0.6 is 0 Å². The molecule has 0 bridgehead atoms. The van der Waals surface area contributed by atoms with Crippen molar-refractivity contribution in [2.75, 3.05) is 25.6 Å². The third-order valence-electron chi connectivity index (χ3n) is 3.03. The molecule has 108 valence electrons. The van der Waals surface area contributed by atoms with Gasteiger partial charge in [-0.05, 0) is 18.2 Å². The van der Waals surface area contributed by atoms with Gasteiger partial charge < -0.3 is 15.2 Å². The highest BCUT2D eigenvalue weighted by Crippen LogP contribution is 2.25. The Kier molecular flexibility index (Phi) is 3.65. The van der Waals surface area contributed by atoms with Crippen molar-refractivity contribution in [1.82, 2.24) is 19.5 Å². The third kappa shape index (κ3) is 2.63. The second-order valence-electron chi connectivity index (χ2n) is 4.38. The summed E-state index contributed by atoms with van der Waals surface area (Å²) in [5.41, 5.74) is 0.787. The van der Waals surface area contributed by atoms with Gasteiger partial charge in [-0.25, -0.2) is 9.97 Å². The Labute approximate surface area is 121 Å². The average Bonchev–Trinajstić information content (AvgIpc) is 3.06. The van der Waals surface area contributed by atoms with Gasteiger partial charge in [0.05, 0.1) is 19.2 Å². The number of hydrogen-bond acceptors (Lipinski definition) is 6. The summed E-state index contributed by atoms with van der Waals surface area (Å²) in [6.07, 6.45) is 5.09. The minimum absolute atomic E-state index is 0.0237. The molecule has 0 aliphatic carbocycles. The molecular weight excluding hydrogens is 270 g/mol. The molecule has 0 atom stereocenters. The molecular formula is C14H15N5O2. The van der Waals surface area contributed by atoms with Gasteiger partial charge in [-0.15, -0.1) is 0 Å². The SMILES string of the molecule is COc1ccc2nc(-n3ccnc3)nc(NCCO)c2c1. The number of anilines is 1. The number of nitrogens with one attached hydrogen (secondary N) is 1. The molecule has 21 heavy (non-hydrogen) atoms. The van der Waals surface area contributed by atoms with Crippen LogP contribution in [0, 0.1) is 0 Å². The lowest BCUT2D eigenvalue weighted by atomic mass is 10.2. The van der Waals surface area contributed by atoms with Crippen LogP contribution in [-0.2, 0) is 0 Å². The van der Waals surface area contributed by atoms with Crippen LogP contribution in [0.1, 0.15) is 0 Å². The molecule has 3 rings (SSSR count). The first kappa shape index (κ1) is 13.3. The number of hydrogen-bond donors (Lipinski definition) is 2. The molecule has 0 aliphatic rings. The van der Waals surface area contributed by atoms with E-state index in [1.807, 2.05) is 18.2 Å². The lowest BCUT2D eigenvalue weighted by molar-refractivity contribution is 0.311. The minimum Gasteiger partial charge on any atom is -0.497 e. The maximum Gasteiger partial charge on any atom is 0.237 e. The zero-order valence-electron chi connectivity index (χ0n) is 11.5. The number of aromatic nitrogens is 4. The fraction of sp³-hybridized carbons (Fsp3) is 0.214. The summed E-state index contributed by atoms with van der Waals surface area (Å²) >= 11 is 0. The number of aliphatic hydroxyl groups excluding tert-OH is 1. The predicted octanol–water partition coefficient (Wildman–Crippen LogP) is 1.23. The van der Waals surface area contributed by atoms with Gasteiger partial charge in [0.2, 0.25) is 5.95 Å². The average molecular weight is 285 g/mol. The van der Waals surface area contributed by atoms with E-state index in [2.05, 4.69) is 20.3 Å². The van der Waals surface area contributed by atoms with Crippen LogP contribution in [0.15, 0.2) is 36.9 Å². The Morgan fingerprint density at radius 3 is 2.95 bits per heavy atom. The molecule has 2 heterocycles. The smallest absolute Gasteiger partial charge is 0.237 e. The monoisotopic (exact) mass is 285 g/mol. The summed E-state index contributed by atoms with van der Waals surface area (Å²) in [5.74, 6) is 1.90. The molecule has 0 spiro atoms. The van der Waals surface area contributed by atoms with Crippen molar-refractivity contribution in [2.45, 2.75) is 0 Å². The van der Waals surface area contributed by atoms with E-state index >= 15 is 0 Å². The van der Waals surface area contributed by atoms with Crippen molar-refractivity contribution in [3.63, 3.8) is 0 Å². The number of imidazole rings is 1. The van der Waals surface area contributed by atoms with E-state index in [1.54, 1.807) is 30.4 Å². The molecule has 0 fully saturated rings. The van der Waals surface area contributed by atoms with Gasteiger partial charge in [0.1, 0.15) is 17.9 Å². The van der Waals surface area contributed by atoms with Crippen LogP contribution in [0.5, 0.6) is 5.75 Å². The van der Waals surface area contributed by atoms with Crippen molar-refractivity contribution >= 4 is 16.7 Å². The van der Waals surface area contributed by atoms with Crippen LogP contribution in [0.3, 0.4) is 0 Å². The molecule has 0 radical (unpaired) electrons. The van der Waals surface area contributed by atoms with Gasteiger partial charge in [0.25, 0.3) is 0 Å². The minimum atomic E-state index is 0.0237. The van der Waals surface area contributed by atoms with E-state index < -0.39 is 0 Å². The van der Waals surface area contributed by atoms with Crippen molar-refractivity contribution in [3.8, 4) is 11.7 Å². The lowest BCUT2D eigenvalue weighted by Crippen LogP contribution is -2.10. The van der Waals surface area contributed by atoms with Crippen molar-refractivity contribution in [2.24, 2.45) is 0 Å². The highest BCUT2D eigenvalue weighted by Gasteiger charge is 2.10. The Bertz CT molecular complexity index is 742. The van der Waals surface area contributed by atoms with E-state index in [-0.39, 0.29) is 6.61 Å². The maximum atomic E-state index is 9.01. The molecule has 0 unspecified atom stereocenters. The number of methoxy groups -OCH3 is 1. The van der Waals surface area contributed by atoms with Crippen molar-refractivity contribution in [1.29, 1.82) is 0 Å². The molecule has 7 nitrogen and oxygen atoms in total. The standard InChI is InChI=1S/C14H15N5O2/c1-21-10-2-3-12-11(8-10)13(16-5-7-20)18-14(17-12)19-6-4-15-9-19/h2-4,6,8-9,20H,5,7H2,1H3,(H,16,17,18). The van der Waals surface area contributed by atoms with Gasteiger partial charge in [0.15, 0.2) is 0 Å². The Morgan fingerprint density at radius 1 is 1.33 bits per heavy atom. The summed E-state index contributed by atoms with van der Waals surface area (Å²) in [7, 11) is 1.61. The highest BCUT2D eigenvalue weighted by atomic mass is 16.5. The summed E-state index contributed by atoms with van der Waals surface area (Å²) < 4.78 is 6.97. The van der Waals surface area contributed by atoms with Gasteiger partial charge in [-0.2, -0.15) is 4.98 Å². The van der Waals surface area contributed by atoms with E-state index in [1.165, 1.54) is 0 Å². The van der Waals surface area contributed by atoms with E-state index in [4.69, 9.17) is 9.84 Å². The van der Waals surface area contributed by atoms with Crippen LogP contribution in [0.25, 0.3) is 16.9 Å². The van der Waals surface area contributed by atoms with Gasteiger partial charge in [0, 0.05) is 24.3 Å². The van der Waals surface area contributed by atoms with E-state index in [9.17, 15) is 0 Å². The number of fused-ring (bicyclic) bond motifs is 1. The number of benzene rings is 1. The normalized spacial score (nSPS) is 10.8. The largest absolute Gasteiger partial charge is 0.497 e. The Balaban J connectivity index is 2.16. The quantitative estimate of drug-likeness (QED) is 0.733. The first-order valence-electron chi connectivity index (χ1n) is 6.50. The van der Waals surface area contributed by atoms with Crippen molar-refractivity contribution in [3.05, 3.63) is 36.9 Å². The van der Waals surface area contributed by atoms with Gasteiger partial charge >= 0.3 is 0 Å². The molecule has 1 aromatic carbocycles. The molecule has 0 amide bonds. The van der Waals surface area contributed by atoms with E-state index in [0.29, 0.717) is 18.3 Å².